The monoisotopic (exact) mass is 296 g/mol. The van der Waals surface area contributed by atoms with Crippen molar-refractivity contribution >= 4 is 22.7 Å². The SMILES string of the molecule is Cc1cccc2cc(C(O)C3Cc4ccccc4S3)oc12. The zero-order valence-corrected chi connectivity index (χ0v) is 12.6. The van der Waals surface area contributed by atoms with E-state index in [1.165, 1.54) is 10.5 Å². The third-order valence-corrected chi connectivity index (χ3v) is 5.46. The quantitative estimate of drug-likeness (QED) is 0.756. The van der Waals surface area contributed by atoms with Gasteiger partial charge in [-0.1, -0.05) is 36.4 Å². The summed E-state index contributed by atoms with van der Waals surface area (Å²) in [4.78, 5) is 1.27. The van der Waals surface area contributed by atoms with Gasteiger partial charge in [0.2, 0.25) is 0 Å². The van der Waals surface area contributed by atoms with E-state index in [4.69, 9.17) is 4.42 Å². The van der Waals surface area contributed by atoms with Crippen LogP contribution in [-0.4, -0.2) is 10.4 Å². The Morgan fingerprint density at radius 2 is 2.05 bits per heavy atom. The molecule has 0 saturated heterocycles. The van der Waals surface area contributed by atoms with E-state index in [9.17, 15) is 5.11 Å². The Labute approximate surface area is 127 Å². The van der Waals surface area contributed by atoms with Crippen molar-refractivity contribution in [2.24, 2.45) is 0 Å². The predicted octanol–water partition coefficient (Wildman–Crippen LogP) is 4.49. The van der Waals surface area contributed by atoms with E-state index < -0.39 is 6.10 Å². The standard InChI is InChI=1S/C18H16O2S/c1-11-5-4-7-13-9-14(20-18(11)13)17(19)16-10-12-6-2-3-8-15(12)21-16/h2-9,16-17,19H,10H2,1H3. The van der Waals surface area contributed by atoms with Crippen LogP contribution >= 0.6 is 11.8 Å². The van der Waals surface area contributed by atoms with Crippen LogP contribution in [0.3, 0.4) is 0 Å². The van der Waals surface area contributed by atoms with Gasteiger partial charge in [0.15, 0.2) is 0 Å². The topological polar surface area (TPSA) is 33.4 Å². The minimum absolute atomic E-state index is 0.128. The lowest BCUT2D eigenvalue weighted by molar-refractivity contribution is 0.150. The molecule has 0 fully saturated rings. The summed E-state index contributed by atoms with van der Waals surface area (Å²) >= 11 is 1.74. The van der Waals surface area contributed by atoms with Crippen molar-refractivity contribution < 1.29 is 9.52 Å². The maximum absolute atomic E-state index is 10.7. The van der Waals surface area contributed by atoms with E-state index in [-0.39, 0.29) is 5.25 Å². The number of hydrogen-bond donors (Lipinski definition) is 1. The molecule has 0 amide bonds. The minimum Gasteiger partial charge on any atom is -0.458 e. The van der Waals surface area contributed by atoms with Crippen molar-refractivity contribution in [2.45, 2.75) is 29.6 Å². The van der Waals surface area contributed by atoms with Gasteiger partial charge in [0.1, 0.15) is 17.4 Å². The molecule has 1 N–H and O–H groups in total. The van der Waals surface area contributed by atoms with Crippen LogP contribution in [0.15, 0.2) is 57.8 Å². The molecule has 2 aromatic carbocycles. The highest BCUT2D eigenvalue weighted by atomic mass is 32.2. The summed E-state index contributed by atoms with van der Waals surface area (Å²) in [5, 5.41) is 11.9. The molecule has 2 unspecified atom stereocenters. The second-order valence-electron chi connectivity index (χ2n) is 5.56. The Balaban J connectivity index is 1.66. The maximum Gasteiger partial charge on any atom is 0.137 e. The van der Waals surface area contributed by atoms with Crippen LogP contribution < -0.4 is 0 Å². The number of aliphatic hydroxyl groups excluding tert-OH is 1. The highest BCUT2D eigenvalue weighted by molar-refractivity contribution is 8.00. The van der Waals surface area contributed by atoms with Gasteiger partial charge in [0.05, 0.1) is 0 Å². The Morgan fingerprint density at radius 1 is 1.19 bits per heavy atom. The van der Waals surface area contributed by atoms with Gasteiger partial charge in [-0.05, 0) is 36.6 Å². The van der Waals surface area contributed by atoms with E-state index in [1.54, 1.807) is 11.8 Å². The normalized spacial score (nSPS) is 18.9. The zero-order valence-electron chi connectivity index (χ0n) is 11.7. The van der Waals surface area contributed by atoms with Crippen LogP contribution in [0.5, 0.6) is 0 Å². The summed E-state index contributed by atoms with van der Waals surface area (Å²) in [7, 11) is 0. The number of thioether (sulfide) groups is 1. The predicted molar refractivity (Wildman–Crippen MR) is 85.7 cm³/mol. The smallest absolute Gasteiger partial charge is 0.137 e. The second-order valence-corrected chi connectivity index (χ2v) is 6.84. The van der Waals surface area contributed by atoms with E-state index in [0.717, 1.165) is 23.0 Å². The van der Waals surface area contributed by atoms with Gasteiger partial charge in [0, 0.05) is 15.5 Å². The molecule has 1 aliphatic rings. The fourth-order valence-electron chi connectivity index (χ4n) is 2.94. The lowest BCUT2D eigenvalue weighted by Crippen LogP contribution is -2.13. The number of aliphatic hydroxyl groups is 1. The average Bonchev–Trinajstić information content (AvgIpc) is 3.11. The summed E-state index contributed by atoms with van der Waals surface area (Å²) in [6.07, 6.45) is 0.312. The molecule has 1 aromatic heterocycles. The molecule has 0 aliphatic carbocycles. The summed E-state index contributed by atoms with van der Waals surface area (Å²) in [5.41, 5.74) is 3.30. The van der Waals surface area contributed by atoms with Crippen molar-refractivity contribution in [1.29, 1.82) is 0 Å². The van der Waals surface area contributed by atoms with E-state index in [0.29, 0.717) is 5.76 Å². The molecule has 4 rings (SSSR count). The van der Waals surface area contributed by atoms with Crippen LogP contribution in [0.1, 0.15) is 23.0 Å². The third-order valence-electron chi connectivity index (χ3n) is 4.08. The zero-order chi connectivity index (χ0) is 14.4. The molecule has 0 bridgehead atoms. The molecule has 0 spiro atoms. The molecular weight excluding hydrogens is 280 g/mol. The van der Waals surface area contributed by atoms with Gasteiger partial charge in [-0.2, -0.15) is 0 Å². The maximum atomic E-state index is 10.7. The van der Waals surface area contributed by atoms with Crippen molar-refractivity contribution in [3.8, 4) is 0 Å². The van der Waals surface area contributed by atoms with Gasteiger partial charge >= 0.3 is 0 Å². The van der Waals surface area contributed by atoms with Crippen molar-refractivity contribution in [2.75, 3.05) is 0 Å². The number of aryl methyl sites for hydroxylation is 1. The van der Waals surface area contributed by atoms with Gasteiger partial charge in [-0.25, -0.2) is 0 Å². The molecule has 2 atom stereocenters. The first-order chi connectivity index (χ1) is 10.2. The Morgan fingerprint density at radius 3 is 2.86 bits per heavy atom. The Kier molecular flexibility index (Phi) is 3.05. The van der Waals surface area contributed by atoms with Crippen molar-refractivity contribution in [3.63, 3.8) is 0 Å². The molecular formula is C18H16O2S. The third kappa shape index (κ3) is 2.17. The number of hydrogen-bond acceptors (Lipinski definition) is 3. The number of fused-ring (bicyclic) bond motifs is 2. The molecule has 106 valence electrons. The van der Waals surface area contributed by atoms with Gasteiger partial charge < -0.3 is 9.52 Å². The summed E-state index contributed by atoms with van der Waals surface area (Å²) in [5.74, 6) is 0.671. The second kappa shape index (κ2) is 4.93. The highest BCUT2D eigenvalue weighted by Crippen LogP contribution is 2.43. The molecule has 0 radical (unpaired) electrons. The molecule has 21 heavy (non-hydrogen) atoms. The molecule has 3 aromatic rings. The van der Waals surface area contributed by atoms with Crippen LogP contribution in [0.4, 0.5) is 0 Å². The highest BCUT2D eigenvalue weighted by Gasteiger charge is 2.31. The van der Waals surface area contributed by atoms with Crippen LogP contribution in [-0.2, 0) is 6.42 Å². The Bertz CT molecular complexity index is 781. The van der Waals surface area contributed by atoms with Crippen LogP contribution in [0, 0.1) is 6.92 Å². The summed E-state index contributed by atoms with van der Waals surface area (Å²) in [6.45, 7) is 2.03. The van der Waals surface area contributed by atoms with E-state index in [1.807, 2.05) is 37.3 Å². The lowest BCUT2D eigenvalue weighted by Gasteiger charge is -2.14. The molecule has 0 saturated carbocycles. The number of rotatable bonds is 2. The molecule has 2 heterocycles. The first-order valence-corrected chi connectivity index (χ1v) is 8.02. The number of benzene rings is 2. The average molecular weight is 296 g/mol. The largest absolute Gasteiger partial charge is 0.458 e. The first kappa shape index (κ1) is 13.0. The van der Waals surface area contributed by atoms with Crippen LogP contribution in [0.25, 0.3) is 11.0 Å². The summed E-state index contributed by atoms with van der Waals surface area (Å²) < 4.78 is 5.91. The van der Waals surface area contributed by atoms with Gasteiger partial charge in [0.25, 0.3) is 0 Å². The Hall–Kier alpha value is -1.71. The van der Waals surface area contributed by atoms with E-state index in [2.05, 4.69) is 18.2 Å². The number of para-hydroxylation sites is 1. The lowest BCUT2D eigenvalue weighted by atomic mass is 10.1. The van der Waals surface area contributed by atoms with Gasteiger partial charge in [-0.15, -0.1) is 11.8 Å². The summed E-state index contributed by atoms with van der Waals surface area (Å²) in [6, 6.07) is 16.4. The number of furan rings is 1. The van der Waals surface area contributed by atoms with Crippen molar-refractivity contribution in [3.05, 3.63) is 65.4 Å². The molecule has 2 nitrogen and oxygen atoms in total. The fourth-order valence-corrected chi connectivity index (χ4v) is 4.25. The molecule has 3 heteroatoms. The van der Waals surface area contributed by atoms with Gasteiger partial charge in [-0.3, -0.25) is 0 Å². The fraction of sp³-hybridized carbons (Fsp3) is 0.222. The first-order valence-electron chi connectivity index (χ1n) is 7.14. The minimum atomic E-state index is -0.575. The van der Waals surface area contributed by atoms with E-state index >= 15 is 0 Å². The van der Waals surface area contributed by atoms with Crippen molar-refractivity contribution in [1.82, 2.24) is 0 Å². The molecule has 1 aliphatic heterocycles. The van der Waals surface area contributed by atoms with Crippen LogP contribution in [0.2, 0.25) is 0 Å².